The van der Waals surface area contributed by atoms with Crippen molar-refractivity contribution in [2.24, 2.45) is 0 Å². The van der Waals surface area contributed by atoms with E-state index in [0.29, 0.717) is 23.3 Å². The molecule has 7 aromatic carbocycles. The topological polar surface area (TPSA) is 77.6 Å². The number of nitrogens with zero attached hydrogens (tertiary/aromatic N) is 5. The Morgan fingerprint density at radius 2 is 0.893 bits per heavy atom. The van der Waals surface area contributed by atoms with Gasteiger partial charge < -0.3 is 4.42 Å². The van der Waals surface area contributed by atoms with Crippen LogP contribution in [-0.2, 0) is 0 Å². The lowest BCUT2D eigenvalue weighted by molar-refractivity contribution is 0.669. The Kier molecular flexibility index (Phi) is 7.57. The van der Waals surface area contributed by atoms with Gasteiger partial charge in [0, 0.05) is 64.3 Å². The number of hydrogen-bond donors (Lipinski definition) is 0. The Morgan fingerprint density at radius 1 is 0.339 bits per heavy atom. The van der Waals surface area contributed by atoms with Gasteiger partial charge in [-0.2, -0.15) is 0 Å². The van der Waals surface area contributed by atoms with E-state index < -0.39 is 0 Å². The summed E-state index contributed by atoms with van der Waals surface area (Å²) in [5.41, 5.74) is 9.26. The van der Waals surface area contributed by atoms with Gasteiger partial charge in [0.25, 0.3) is 0 Å². The molecule has 0 aliphatic heterocycles. The van der Waals surface area contributed by atoms with Crippen LogP contribution >= 0.6 is 11.3 Å². The van der Waals surface area contributed by atoms with E-state index in [-0.39, 0.29) is 0 Å². The Labute approximate surface area is 325 Å². The second-order valence-electron chi connectivity index (χ2n) is 13.7. The SMILES string of the molecule is c1ccc(-c2cc(-c3ccc4sc5c(-c6nc(-c7ccccc7)nc(-c7ccc8oc9ccccc9c8c7)n6)cccc5c4c3)nc(-c3ccccc3)n2)cc1. The quantitative estimate of drug-likeness (QED) is 0.169. The first kappa shape index (κ1) is 32.1. The fraction of sp³-hybridized carbons (Fsp3) is 0. The molecule has 0 saturated heterocycles. The van der Waals surface area contributed by atoms with Crippen LogP contribution in [0.1, 0.15) is 0 Å². The molecular weight excluding hydrogens is 707 g/mol. The molecule has 0 unspecified atom stereocenters. The Hall–Kier alpha value is -7.35. The zero-order valence-corrected chi connectivity index (χ0v) is 30.6. The van der Waals surface area contributed by atoms with Crippen molar-refractivity contribution >= 4 is 53.4 Å². The van der Waals surface area contributed by atoms with Crippen molar-refractivity contribution in [2.45, 2.75) is 0 Å². The van der Waals surface area contributed by atoms with Gasteiger partial charge in [0.1, 0.15) is 11.2 Å². The highest BCUT2D eigenvalue weighted by Gasteiger charge is 2.19. The summed E-state index contributed by atoms with van der Waals surface area (Å²) in [6.07, 6.45) is 0. The van der Waals surface area contributed by atoms with E-state index in [1.165, 1.54) is 4.70 Å². The number of fused-ring (bicyclic) bond motifs is 6. The highest BCUT2D eigenvalue weighted by molar-refractivity contribution is 7.26. The summed E-state index contributed by atoms with van der Waals surface area (Å²) >= 11 is 1.75. The van der Waals surface area contributed by atoms with E-state index in [2.05, 4.69) is 78.9 Å². The minimum absolute atomic E-state index is 0.605. The van der Waals surface area contributed by atoms with Crippen LogP contribution < -0.4 is 0 Å². The van der Waals surface area contributed by atoms with Crippen molar-refractivity contribution in [3.05, 3.63) is 176 Å². The molecule has 262 valence electrons. The molecule has 56 heavy (non-hydrogen) atoms. The average molecular weight is 736 g/mol. The lowest BCUT2D eigenvalue weighted by Gasteiger charge is -2.10. The maximum absolute atomic E-state index is 6.14. The van der Waals surface area contributed by atoms with Crippen LogP contribution in [0.4, 0.5) is 0 Å². The minimum Gasteiger partial charge on any atom is -0.456 e. The van der Waals surface area contributed by atoms with E-state index in [1.54, 1.807) is 11.3 Å². The minimum atomic E-state index is 0.605. The van der Waals surface area contributed by atoms with Gasteiger partial charge in [-0.3, -0.25) is 0 Å². The second kappa shape index (κ2) is 13.2. The van der Waals surface area contributed by atoms with Gasteiger partial charge >= 0.3 is 0 Å². The monoisotopic (exact) mass is 735 g/mol. The maximum Gasteiger partial charge on any atom is 0.165 e. The summed E-state index contributed by atoms with van der Waals surface area (Å²) in [5.74, 6) is 2.54. The molecule has 0 amide bonds. The largest absolute Gasteiger partial charge is 0.456 e. The van der Waals surface area contributed by atoms with Gasteiger partial charge in [-0.1, -0.05) is 127 Å². The molecule has 0 spiro atoms. The van der Waals surface area contributed by atoms with Crippen LogP contribution in [0.15, 0.2) is 180 Å². The predicted molar refractivity (Wildman–Crippen MR) is 228 cm³/mol. The third-order valence-electron chi connectivity index (χ3n) is 10.2. The smallest absolute Gasteiger partial charge is 0.165 e. The molecule has 0 bridgehead atoms. The van der Waals surface area contributed by atoms with Crippen LogP contribution in [0.3, 0.4) is 0 Å². The molecule has 11 aromatic rings. The molecular formula is C49H29N5OS. The van der Waals surface area contributed by atoms with Gasteiger partial charge in [0.2, 0.25) is 0 Å². The lowest BCUT2D eigenvalue weighted by Crippen LogP contribution is -2.00. The molecule has 0 aliphatic rings. The summed E-state index contributed by atoms with van der Waals surface area (Å²) in [4.78, 5) is 25.4. The van der Waals surface area contributed by atoms with Gasteiger partial charge in [-0.15, -0.1) is 11.3 Å². The van der Waals surface area contributed by atoms with Crippen molar-refractivity contribution < 1.29 is 4.42 Å². The number of furan rings is 1. The van der Waals surface area contributed by atoms with Gasteiger partial charge in [-0.25, -0.2) is 24.9 Å². The molecule has 0 radical (unpaired) electrons. The van der Waals surface area contributed by atoms with Gasteiger partial charge in [0.05, 0.1) is 11.4 Å². The lowest BCUT2D eigenvalue weighted by atomic mass is 10.0. The first-order valence-corrected chi connectivity index (χ1v) is 19.2. The van der Waals surface area contributed by atoms with Crippen LogP contribution in [0.25, 0.3) is 110 Å². The number of benzene rings is 7. The summed E-state index contributed by atoms with van der Waals surface area (Å²) < 4.78 is 8.42. The third kappa shape index (κ3) is 5.61. The summed E-state index contributed by atoms with van der Waals surface area (Å²) in [6, 6.07) is 59.9. The molecule has 7 heteroatoms. The van der Waals surface area contributed by atoms with Crippen molar-refractivity contribution in [2.75, 3.05) is 0 Å². The van der Waals surface area contributed by atoms with E-state index in [0.717, 1.165) is 82.2 Å². The van der Waals surface area contributed by atoms with Crippen molar-refractivity contribution in [1.82, 2.24) is 24.9 Å². The number of hydrogen-bond acceptors (Lipinski definition) is 7. The zero-order chi connectivity index (χ0) is 37.0. The first-order chi connectivity index (χ1) is 27.7. The molecule has 0 aliphatic carbocycles. The summed E-state index contributed by atoms with van der Waals surface area (Å²) in [6.45, 7) is 0. The third-order valence-corrected chi connectivity index (χ3v) is 11.4. The Balaban J connectivity index is 1.07. The number of aromatic nitrogens is 5. The van der Waals surface area contributed by atoms with Gasteiger partial charge in [0.15, 0.2) is 23.3 Å². The maximum atomic E-state index is 6.14. The summed E-state index contributed by atoms with van der Waals surface area (Å²) in [5, 5.41) is 4.38. The number of para-hydroxylation sites is 1. The fourth-order valence-corrected chi connectivity index (χ4v) is 8.60. The molecule has 4 aromatic heterocycles. The standard InChI is InChI=1S/C49H29N5OS/c1-4-13-30(14-5-1)40-29-41(51-46(50-40)31-15-6-2-7-16-31)33-24-26-44-39(27-33)36-20-12-21-37(45(36)56-44)49-53-47(32-17-8-3-9-18-32)52-48(54-49)34-23-25-43-38(28-34)35-19-10-11-22-42(35)55-43/h1-29H. The molecule has 0 N–H and O–H groups in total. The number of rotatable bonds is 6. The van der Waals surface area contributed by atoms with Crippen molar-refractivity contribution in [3.8, 4) is 68.1 Å². The van der Waals surface area contributed by atoms with E-state index >= 15 is 0 Å². The first-order valence-electron chi connectivity index (χ1n) is 18.4. The van der Waals surface area contributed by atoms with Crippen LogP contribution in [0.5, 0.6) is 0 Å². The van der Waals surface area contributed by atoms with Crippen molar-refractivity contribution in [1.29, 1.82) is 0 Å². The number of thiophene rings is 1. The van der Waals surface area contributed by atoms with E-state index in [1.807, 2.05) is 97.1 Å². The second-order valence-corrected chi connectivity index (χ2v) is 14.7. The van der Waals surface area contributed by atoms with Crippen molar-refractivity contribution in [3.63, 3.8) is 0 Å². The molecule has 6 nitrogen and oxygen atoms in total. The normalized spacial score (nSPS) is 11.6. The molecule has 0 saturated carbocycles. The highest BCUT2D eigenvalue weighted by atomic mass is 32.1. The summed E-state index contributed by atoms with van der Waals surface area (Å²) in [7, 11) is 0. The van der Waals surface area contributed by atoms with Gasteiger partial charge in [-0.05, 0) is 48.5 Å². The predicted octanol–water partition coefficient (Wildman–Crippen LogP) is 12.9. The Morgan fingerprint density at radius 3 is 1.64 bits per heavy atom. The molecule has 4 heterocycles. The van der Waals surface area contributed by atoms with E-state index in [9.17, 15) is 0 Å². The molecule has 11 rings (SSSR count). The Bertz CT molecular complexity index is 3190. The van der Waals surface area contributed by atoms with Crippen LogP contribution in [0, 0.1) is 0 Å². The molecule has 0 atom stereocenters. The zero-order valence-electron chi connectivity index (χ0n) is 29.8. The highest BCUT2D eigenvalue weighted by Crippen LogP contribution is 2.42. The fourth-order valence-electron chi connectivity index (χ4n) is 7.41. The van der Waals surface area contributed by atoms with Crippen LogP contribution in [0.2, 0.25) is 0 Å². The van der Waals surface area contributed by atoms with E-state index in [4.69, 9.17) is 29.3 Å². The van der Waals surface area contributed by atoms with Crippen LogP contribution in [-0.4, -0.2) is 24.9 Å². The molecule has 0 fully saturated rings. The average Bonchev–Trinajstić information content (AvgIpc) is 3.85.